The highest BCUT2D eigenvalue weighted by Gasteiger charge is 2.31. The third kappa shape index (κ3) is 3.53. The number of hydrogen-bond acceptors (Lipinski definition) is 1. The smallest absolute Gasteiger partial charge is 0.123 e. The van der Waals surface area contributed by atoms with Gasteiger partial charge in [-0.15, -0.1) is 0 Å². The second-order valence-corrected chi connectivity index (χ2v) is 6.78. The lowest BCUT2D eigenvalue weighted by Crippen LogP contribution is -2.41. The number of benzene rings is 2. The summed E-state index contributed by atoms with van der Waals surface area (Å²) in [4.78, 5) is 0. The summed E-state index contributed by atoms with van der Waals surface area (Å²) in [5.41, 5.74) is 2.55. The van der Waals surface area contributed by atoms with Gasteiger partial charge in [0, 0.05) is 16.6 Å². The van der Waals surface area contributed by atoms with Crippen molar-refractivity contribution < 1.29 is 4.39 Å². The Hall–Kier alpha value is -1.19. The lowest BCUT2D eigenvalue weighted by molar-refractivity contribution is 0.271. The molecule has 2 aromatic carbocycles. The molecule has 2 aromatic rings. The zero-order valence-corrected chi connectivity index (χ0v) is 13.6. The van der Waals surface area contributed by atoms with Crippen LogP contribution in [0.25, 0.3) is 0 Å². The van der Waals surface area contributed by atoms with Crippen molar-refractivity contribution in [3.05, 3.63) is 69.9 Å². The first kappa shape index (κ1) is 14.7. The third-order valence-corrected chi connectivity index (χ3v) is 4.81. The first-order valence-electron chi connectivity index (χ1n) is 7.39. The summed E-state index contributed by atoms with van der Waals surface area (Å²) in [5.74, 6) is 0.411. The minimum atomic E-state index is -0.156. The normalized spacial score (nSPS) is 22.6. The third-order valence-electron chi connectivity index (χ3n) is 4.31. The average molecular weight is 348 g/mol. The molecule has 0 radical (unpaired) electrons. The van der Waals surface area contributed by atoms with E-state index in [-0.39, 0.29) is 5.82 Å². The van der Waals surface area contributed by atoms with Crippen LogP contribution in [0.2, 0.25) is 0 Å². The molecule has 3 rings (SSSR count). The van der Waals surface area contributed by atoms with Crippen LogP contribution in [0.15, 0.2) is 53.0 Å². The van der Waals surface area contributed by atoms with Gasteiger partial charge in [0.15, 0.2) is 0 Å². The molecule has 1 N–H and O–H groups in total. The van der Waals surface area contributed by atoms with Crippen LogP contribution >= 0.6 is 15.9 Å². The second-order valence-electron chi connectivity index (χ2n) is 5.86. The summed E-state index contributed by atoms with van der Waals surface area (Å²) in [5, 5.41) is 3.68. The molecule has 1 aliphatic carbocycles. The van der Waals surface area contributed by atoms with Crippen LogP contribution in [0.1, 0.15) is 42.9 Å². The van der Waals surface area contributed by atoms with Crippen LogP contribution in [0.4, 0.5) is 4.39 Å². The van der Waals surface area contributed by atoms with Crippen molar-refractivity contribution >= 4 is 15.9 Å². The highest BCUT2D eigenvalue weighted by atomic mass is 79.9. The Labute approximate surface area is 133 Å². The number of rotatable bonds is 4. The van der Waals surface area contributed by atoms with Crippen LogP contribution < -0.4 is 5.32 Å². The van der Waals surface area contributed by atoms with E-state index in [1.165, 1.54) is 11.1 Å². The fraction of sp³-hybridized carbons (Fsp3) is 0.333. The van der Waals surface area contributed by atoms with E-state index < -0.39 is 0 Å². The molecule has 21 heavy (non-hydrogen) atoms. The highest BCUT2D eigenvalue weighted by Crippen LogP contribution is 2.38. The summed E-state index contributed by atoms with van der Waals surface area (Å²) >= 11 is 3.52. The Balaban J connectivity index is 1.54. The molecule has 0 heterocycles. The number of hydrogen-bond donors (Lipinski definition) is 1. The number of halogens is 2. The van der Waals surface area contributed by atoms with Crippen LogP contribution in [0, 0.1) is 5.82 Å². The quantitative estimate of drug-likeness (QED) is 0.802. The molecule has 0 amide bonds. The standard InChI is InChI=1S/C18H19BrFN/c1-12(14-3-2-4-16(19)9-14)21-18-10-15(11-18)13-5-7-17(20)8-6-13/h2-9,12,15,18,21H,10-11H2,1H3. The molecule has 1 nitrogen and oxygen atoms in total. The van der Waals surface area contributed by atoms with Crippen molar-refractivity contribution in [1.82, 2.24) is 5.32 Å². The van der Waals surface area contributed by atoms with Gasteiger partial charge in [0.05, 0.1) is 0 Å². The van der Waals surface area contributed by atoms with Gasteiger partial charge >= 0.3 is 0 Å². The van der Waals surface area contributed by atoms with Crippen LogP contribution in [0.3, 0.4) is 0 Å². The van der Waals surface area contributed by atoms with E-state index in [9.17, 15) is 4.39 Å². The zero-order chi connectivity index (χ0) is 14.8. The van der Waals surface area contributed by atoms with Gasteiger partial charge in [-0.2, -0.15) is 0 Å². The van der Waals surface area contributed by atoms with Crippen molar-refractivity contribution in [2.75, 3.05) is 0 Å². The van der Waals surface area contributed by atoms with Gasteiger partial charge in [-0.1, -0.05) is 40.2 Å². The fourth-order valence-corrected chi connectivity index (χ4v) is 3.40. The monoisotopic (exact) mass is 347 g/mol. The molecule has 0 saturated heterocycles. The fourth-order valence-electron chi connectivity index (χ4n) is 2.99. The predicted molar refractivity (Wildman–Crippen MR) is 87.9 cm³/mol. The van der Waals surface area contributed by atoms with Crippen LogP contribution in [-0.2, 0) is 0 Å². The van der Waals surface area contributed by atoms with Gasteiger partial charge in [-0.3, -0.25) is 0 Å². The SMILES string of the molecule is CC(NC1CC(c2ccc(F)cc2)C1)c1cccc(Br)c1. The van der Waals surface area contributed by atoms with E-state index in [4.69, 9.17) is 0 Å². The molecule has 0 aliphatic heterocycles. The molecule has 1 aliphatic rings. The van der Waals surface area contributed by atoms with Crippen LogP contribution in [-0.4, -0.2) is 6.04 Å². The summed E-state index contributed by atoms with van der Waals surface area (Å²) in [6, 6.07) is 16.3. The largest absolute Gasteiger partial charge is 0.307 e. The van der Waals surface area contributed by atoms with Crippen molar-refractivity contribution in [1.29, 1.82) is 0 Å². The maximum Gasteiger partial charge on any atom is 0.123 e. The van der Waals surface area contributed by atoms with E-state index in [0.29, 0.717) is 18.0 Å². The maximum atomic E-state index is 12.9. The molecule has 0 spiro atoms. The Kier molecular flexibility index (Phi) is 4.41. The van der Waals surface area contributed by atoms with Crippen molar-refractivity contribution in [3.8, 4) is 0 Å². The molecule has 1 atom stereocenters. The highest BCUT2D eigenvalue weighted by molar-refractivity contribution is 9.10. The molecule has 0 bridgehead atoms. The molecule has 1 fully saturated rings. The molecule has 1 unspecified atom stereocenters. The van der Waals surface area contributed by atoms with Crippen molar-refractivity contribution in [2.45, 2.75) is 37.8 Å². The molecule has 3 heteroatoms. The first-order chi connectivity index (χ1) is 10.1. The minimum absolute atomic E-state index is 0.156. The maximum absolute atomic E-state index is 12.9. The van der Waals surface area contributed by atoms with Crippen molar-refractivity contribution in [2.24, 2.45) is 0 Å². The van der Waals surface area contributed by atoms with Gasteiger partial charge in [0.1, 0.15) is 5.82 Å². The van der Waals surface area contributed by atoms with Crippen molar-refractivity contribution in [3.63, 3.8) is 0 Å². The zero-order valence-electron chi connectivity index (χ0n) is 12.0. The van der Waals surface area contributed by atoms with Gasteiger partial charge in [0.2, 0.25) is 0 Å². The summed E-state index contributed by atoms with van der Waals surface area (Å²) < 4.78 is 14.0. The molecular formula is C18H19BrFN. The summed E-state index contributed by atoms with van der Waals surface area (Å²) in [7, 11) is 0. The Morgan fingerprint density at radius 1 is 1.14 bits per heavy atom. The van der Waals surface area contributed by atoms with Gasteiger partial charge < -0.3 is 5.32 Å². The van der Waals surface area contributed by atoms with E-state index >= 15 is 0 Å². The van der Waals surface area contributed by atoms with Gasteiger partial charge in [0.25, 0.3) is 0 Å². The van der Waals surface area contributed by atoms with Gasteiger partial charge in [-0.05, 0) is 61.1 Å². The minimum Gasteiger partial charge on any atom is -0.307 e. The number of nitrogens with one attached hydrogen (secondary N) is 1. The van der Waals surface area contributed by atoms with E-state index in [2.05, 4.69) is 46.4 Å². The van der Waals surface area contributed by atoms with E-state index in [1.54, 1.807) is 12.1 Å². The second kappa shape index (κ2) is 6.29. The molecule has 0 aromatic heterocycles. The summed E-state index contributed by atoms with van der Waals surface area (Å²) in [6.45, 7) is 2.20. The van der Waals surface area contributed by atoms with Gasteiger partial charge in [-0.25, -0.2) is 4.39 Å². The molecule has 110 valence electrons. The summed E-state index contributed by atoms with van der Waals surface area (Å²) in [6.07, 6.45) is 2.26. The van der Waals surface area contributed by atoms with E-state index in [1.807, 2.05) is 18.2 Å². The first-order valence-corrected chi connectivity index (χ1v) is 8.18. The Morgan fingerprint density at radius 3 is 2.52 bits per heavy atom. The lowest BCUT2D eigenvalue weighted by Gasteiger charge is -2.38. The molecular weight excluding hydrogens is 329 g/mol. The topological polar surface area (TPSA) is 12.0 Å². The van der Waals surface area contributed by atoms with E-state index in [0.717, 1.165) is 17.3 Å². The predicted octanol–water partition coefficient (Wildman–Crippen LogP) is 5.19. The lowest BCUT2D eigenvalue weighted by atomic mass is 9.75. The Bertz CT molecular complexity index is 605. The Morgan fingerprint density at radius 2 is 1.86 bits per heavy atom. The van der Waals surface area contributed by atoms with Crippen LogP contribution in [0.5, 0.6) is 0 Å². The molecule has 1 saturated carbocycles. The average Bonchev–Trinajstić information content (AvgIpc) is 2.43.